The van der Waals surface area contributed by atoms with Crippen molar-refractivity contribution >= 4 is 39.7 Å². The van der Waals surface area contributed by atoms with Crippen LogP contribution < -0.4 is 4.74 Å². The van der Waals surface area contributed by atoms with Gasteiger partial charge in [0.1, 0.15) is 18.2 Å². The zero-order valence-electron chi connectivity index (χ0n) is 16.9. The Kier molecular flexibility index (Phi) is 4.96. The molecule has 5 nitrogen and oxygen atoms in total. The molecule has 1 N–H and O–H groups in total. The van der Waals surface area contributed by atoms with Crippen molar-refractivity contribution in [2.24, 2.45) is 0 Å². The largest absolute Gasteiger partial charge is 0.486 e. The summed E-state index contributed by atoms with van der Waals surface area (Å²) in [7, 11) is 1.82. The number of carbonyl (C=O) groups excluding carboxylic acids is 1. The molecule has 2 heterocycles. The summed E-state index contributed by atoms with van der Waals surface area (Å²) in [6.07, 6.45) is 0. The van der Waals surface area contributed by atoms with Gasteiger partial charge in [-0.3, -0.25) is 4.79 Å². The van der Waals surface area contributed by atoms with Crippen LogP contribution in [0.4, 0.5) is 0 Å². The highest BCUT2D eigenvalue weighted by Crippen LogP contribution is 2.34. The molecule has 1 amide bonds. The molecular weight excluding hydrogens is 410 g/mol. The number of aromatic nitrogens is 2. The van der Waals surface area contributed by atoms with Gasteiger partial charge in [0.2, 0.25) is 0 Å². The van der Waals surface area contributed by atoms with Crippen LogP contribution in [-0.4, -0.2) is 34.4 Å². The van der Waals surface area contributed by atoms with Gasteiger partial charge in [-0.2, -0.15) is 0 Å². The van der Waals surface area contributed by atoms with Gasteiger partial charge in [0.15, 0.2) is 0 Å². The number of amides is 1. The number of hydrogen-bond acceptors (Lipinski definition) is 3. The molecule has 0 fully saturated rings. The lowest BCUT2D eigenvalue weighted by atomic mass is 9.97. The number of ether oxygens (including phenoxy) is 1. The molecule has 1 aliphatic rings. The number of fused-ring (bicyclic) bond motifs is 1. The van der Waals surface area contributed by atoms with E-state index in [4.69, 9.17) is 16.3 Å². The number of rotatable bonds is 5. The average Bonchev–Trinajstić information content (AvgIpc) is 3.34. The highest BCUT2D eigenvalue weighted by molar-refractivity contribution is 6.31. The number of nitrogens with zero attached hydrogens (tertiary/aromatic N) is 2. The number of carbonyl (C=O) groups is 1. The van der Waals surface area contributed by atoms with Crippen molar-refractivity contribution < 1.29 is 9.53 Å². The van der Waals surface area contributed by atoms with E-state index in [0.717, 1.165) is 39.3 Å². The summed E-state index contributed by atoms with van der Waals surface area (Å²) in [6, 6.07) is 23.1. The van der Waals surface area contributed by atoms with E-state index in [1.807, 2.05) is 79.8 Å². The third-order valence-electron chi connectivity index (χ3n) is 5.41. The molecule has 3 aromatic carbocycles. The Bertz CT molecular complexity index is 1260. The van der Waals surface area contributed by atoms with E-state index in [-0.39, 0.29) is 5.91 Å². The number of imidazole rings is 1. The monoisotopic (exact) mass is 429 g/mol. The summed E-state index contributed by atoms with van der Waals surface area (Å²) in [4.78, 5) is 22.3. The molecule has 0 aliphatic carbocycles. The van der Waals surface area contributed by atoms with Crippen LogP contribution in [0.25, 0.3) is 22.2 Å². The molecule has 0 unspecified atom stereocenters. The minimum Gasteiger partial charge on any atom is -0.486 e. The zero-order valence-corrected chi connectivity index (χ0v) is 17.7. The lowest BCUT2D eigenvalue weighted by Gasteiger charge is -2.09. The number of halogens is 1. The van der Waals surface area contributed by atoms with Gasteiger partial charge in [-0.25, -0.2) is 4.98 Å². The Balaban J connectivity index is 1.38. The molecule has 0 atom stereocenters. The summed E-state index contributed by atoms with van der Waals surface area (Å²) in [6.45, 7) is 0.911. The van der Waals surface area contributed by atoms with Gasteiger partial charge in [-0.05, 0) is 53.1 Å². The van der Waals surface area contributed by atoms with Crippen molar-refractivity contribution in [3.05, 3.63) is 94.8 Å². The molecule has 0 bridgehead atoms. The second-order valence-electron chi connectivity index (χ2n) is 7.54. The Morgan fingerprint density at radius 1 is 1.00 bits per heavy atom. The minimum atomic E-state index is 0.0147. The topological polar surface area (TPSA) is 58.2 Å². The van der Waals surface area contributed by atoms with E-state index < -0.39 is 0 Å². The minimum absolute atomic E-state index is 0.0147. The van der Waals surface area contributed by atoms with Crippen LogP contribution in [-0.2, 0) is 11.4 Å². The van der Waals surface area contributed by atoms with Crippen LogP contribution in [0.5, 0.6) is 5.75 Å². The van der Waals surface area contributed by atoms with Crippen LogP contribution in [0.2, 0.25) is 5.02 Å². The lowest BCUT2D eigenvalue weighted by molar-refractivity contribution is -0.122. The quantitative estimate of drug-likeness (QED) is 0.475. The third-order valence-corrected chi connectivity index (χ3v) is 5.66. The van der Waals surface area contributed by atoms with Gasteiger partial charge in [-0.1, -0.05) is 48.0 Å². The fourth-order valence-electron chi connectivity index (χ4n) is 3.84. The summed E-state index contributed by atoms with van der Waals surface area (Å²) < 4.78 is 5.89. The Labute approximate surface area is 184 Å². The molecule has 154 valence electrons. The average molecular weight is 430 g/mol. The number of hydrogen-bond donors (Lipinski definition) is 1. The van der Waals surface area contributed by atoms with Gasteiger partial charge < -0.3 is 14.6 Å². The van der Waals surface area contributed by atoms with Gasteiger partial charge in [0, 0.05) is 18.6 Å². The first-order valence-electron chi connectivity index (χ1n) is 10.00. The van der Waals surface area contributed by atoms with E-state index in [1.165, 1.54) is 0 Å². The van der Waals surface area contributed by atoms with Crippen LogP contribution in [0, 0.1) is 0 Å². The molecular formula is C25H20ClN3O2. The van der Waals surface area contributed by atoms with Crippen molar-refractivity contribution in [2.45, 2.75) is 6.61 Å². The van der Waals surface area contributed by atoms with Gasteiger partial charge in [0.25, 0.3) is 5.91 Å². The Hall–Kier alpha value is -3.57. The summed E-state index contributed by atoms with van der Waals surface area (Å²) >= 11 is 6.03. The smallest absolute Gasteiger partial charge is 0.254 e. The Morgan fingerprint density at radius 2 is 1.71 bits per heavy atom. The normalized spacial score (nSPS) is 14.0. The maximum Gasteiger partial charge on any atom is 0.254 e. The van der Waals surface area contributed by atoms with Crippen molar-refractivity contribution in [3.8, 4) is 5.75 Å². The van der Waals surface area contributed by atoms with Crippen LogP contribution in [0.15, 0.2) is 72.8 Å². The van der Waals surface area contributed by atoms with Crippen molar-refractivity contribution in [1.82, 2.24) is 14.9 Å². The zero-order chi connectivity index (χ0) is 21.4. The second-order valence-corrected chi connectivity index (χ2v) is 7.97. The summed E-state index contributed by atoms with van der Waals surface area (Å²) in [5.41, 5.74) is 5.50. The second kappa shape index (κ2) is 7.93. The standard InChI is InChI=1S/C25H20ClN3O2/c1-29-14-20(16-6-10-18(26)11-7-16)24(25(29)30)17-8-12-19(13-9-17)31-15-23-27-21-4-2-3-5-22(21)28-23/h2-13H,14-15H2,1H3,(H,27,28). The highest BCUT2D eigenvalue weighted by Gasteiger charge is 2.29. The first kappa shape index (κ1) is 19.4. The van der Waals surface area contributed by atoms with E-state index in [0.29, 0.717) is 23.7 Å². The van der Waals surface area contributed by atoms with Crippen LogP contribution in [0.3, 0.4) is 0 Å². The fraction of sp³-hybridized carbons (Fsp3) is 0.120. The van der Waals surface area contributed by atoms with Crippen molar-refractivity contribution in [2.75, 3.05) is 13.6 Å². The number of nitrogens with one attached hydrogen (secondary N) is 1. The third kappa shape index (κ3) is 3.80. The first-order chi connectivity index (χ1) is 15.1. The van der Waals surface area contributed by atoms with E-state index in [2.05, 4.69) is 9.97 Å². The highest BCUT2D eigenvalue weighted by atomic mass is 35.5. The van der Waals surface area contributed by atoms with Gasteiger partial charge in [0.05, 0.1) is 16.6 Å². The predicted octanol–water partition coefficient (Wildman–Crippen LogP) is 5.18. The molecule has 1 aliphatic heterocycles. The van der Waals surface area contributed by atoms with Crippen LogP contribution in [0.1, 0.15) is 17.0 Å². The van der Waals surface area contributed by atoms with Gasteiger partial charge >= 0.3 is 0 Å². The Morgan fingerprint density at radius 3 is 2.45 bits per heavy atom. The molecule has 0 spiro atoms. The summed E-state index contributed by atoms with van der Waals surface area (Å²) in [5, 5.41) is 0.675. The lowest BCUT2D eigenvalue weighted by Crippen LogP contribution is -2.21. The fourth-order valence-corrected chi connectivity index (χ4v) is 3.96. The van der Waals surface area contributed by atoms with E-state index in [1.54, 1.807) is 4.90 Å². The molecule has 5 rings (SSSR count). The predicted molar refractivity (Wildman–Crippen MR) is 123 cm³/mol. The number of H-pyrrole nitrogens is 1. The maximum absolute atomic E-state index is 12.8. The molecule has 31 heavy (non-hydrogen) atoms. The van der Waals surface area contributed by atoms with Gasteiger partial charge in [-0.15, -0.1) is 0 Å². The molecule has 0 saturated carbocycles. The van der Waals surface area contributed by atoms with E-state index >= 15 is 0 Å². The number of benzene rings is 3. The number of para-hydroxylation sites is 2. The number of aromatic amines is 1. The number of likely N-dealkylation sites (N-methyl/N-ethyl adjacent to an activating group) is 1. The maximum atomic E-state index is 12.8. The van der Waals surface area contributed by atoms with E-state index in [9.17, 15) is 4.79 Å². The van der Waals surface area contributed by atoms with Crippen molar-refractivity contribution in [1.29, 1.82) is 0 Å². The summed E-state index contributed by atoms with van der Waals surface area (Å²) in [5.74, 6) is 1.50. The molecule has 1 aromatic heterocycles. The van der Waals surface area contributed by atoms with Crippen LogP contribution >= 0.6 is 11.6 Å². The molecule has 4 aromatic rings. The molecule has 6 heteroatoms. The first-order valence-corrected chi connectivity index (χ1v) is 10.4. The molecule has 0 radical (unpaired) electrons. The SMILES string of the molecule is CN1CC(c2ccc(Cl)cc2)=C(c2ccc(OCc3nc4ccccc4[nH]3)cc2)C1=O. The molecule has 0 saturated heterocycles. The van der Waals surface area contributed by atoms with Crippen molar-refractivity contribution in [3.63, 3.8) is 0 Å².